The van der Waals surface area contributed by atoms with Gasteiger partial charge in [0.2, 0.25) is 5.69 Å². The summed E-state index contributed by atoms with van der Waals surface area (Å²) in [6, 6.07) is 36.4. The van der Waals surface area contributed by atoms with E-state index in [4.69, 9.17) is 6.58 Å². The van der Waals surface area contributed by atoms with Crippen LogP contribution in [0.25, 0.3) is 22.4 Å². The molecule has 1 aliphatic heterocycles. The van der Waals surface area contributed by atoms with E-state index in [1.165, 1.54) is 61.6 Å². The van der Waals surface area contributed by atoms with Gasteiger partial charge in [-0.15, -0.1) is 0 Å². The lowest BCUT2D eigenvalue weighted by Gasteiger charge is -2.39. The van der Waals surface area contributed by atoms with Crippen LogP contribution < -0.4 is 20.0 Å². The molecule has 5 aromatic rings. The van der Waals surface area contributed by atoms with E-state index in [1.807, 2.05) is 0 Å². The largest absolute Gasteiger partial charge is 0.396 e. The minimum absolute atomic E-state index is 0.0346. The molecule has 0 saturated heterocycles. The van der Waals surface area contributed by atoms with Gasteiger partial charge in [0.1, 0.15) is 0 Å². The number of anilines is 3. The Hall–Kier alpha value is -4.97. The molecule has 3 atom stereocenters. The molecule has 0 fully saturated rings. The maximum absolute atomic E-state index is 9.52. The summed E-state index contributed by atoms with van der Waals surface area (Å²) in [6.07, 6.45) is 12.5. The number of benzene rings is 4. The number of rotatable bonds is 22. The van der Waals surface area contributed by atoms with Crippen molar-refractivity contribution in [2.45, 2.75) is 150 Å². The van der Waals surface area contributed by atoms with E-state index >= 15 is 0 Å². The van der Waals surface area contributed by atoms with Crippen molar-refractivity contribution in [1.82, 2.24) is 0 Å². The van der Waals surface area contributed by atoms with Crippen molar-refractivity contribution < 1.29 is 9.67 Å². The third-order valence-corrected chi connectivity index (χ3v) is 17.2. The van der Waals surface area contributed by atoms with Crippen LogP contribution in [0.15, 0.2) is 140 Å². The number of nitrogens with one attached hydrogen (secondary N) is 1. The third kappa shape index (κ3) is 11.5. The number of para-hydroxylation sites is 2. The second kappa shape index (κ2) is 22.4. The Morgan fingerprint density at radius 2 is 1.45 bits per heavy atom. The molecule has 5 heteroatoms. The zero-order valence-electron chi connectivity index (χ0n) is 43.5. The molecule has 0 saturated carbocycles. The standard InChI is InChI=1S/C62H84N3OSi/c1-15-36-64(57-33-24-23-32-56(57)63-60-53(43(4)5)38-49(39-54(60)44(6)7)48-28-19-18-20-29-48)41-46(9)61-52(35-34-45(8)27-25-26-37-66)50-30-21-22-31-51(50)58-40-55(47(10)62(11,16-2)17-3)59(42-65(58)61)67(12,13)14/h18-25,27-33,38-40,42-44,47,52,61,63,66H,8-9,15-17,26,34-37,41H2,1-7,10-14H3/q+1/b27-25-. The molecule has 356 valence electrons. The maximum atomic E-state index is 9.52. The van der Waals surface area contributed by atoms with E-state index in [0.717, 1.165) is 56.5 Å². The topological polar surface area (TPSA) is 39.4 Å². The van der Waals surface area contributed by atoms with Crippen LogP contribution in [0.4, 0.5) is 17.1 Å². The van der Waals surface area contributed by atoms with Gasteiger partial charge in [0.25, 0.3) is 0 Å². The number of hydrogen-bond acceptors (Lipinski definition) is 3. The van der Waals surface area contributed by atoms with Gasteiger partial charge in [-0.2, -0.15) is 4.57 Å². The number of fused-ring (bicyclic) bond motifs is 3. The number of allylic oxidation sites excluding steroid dienone is 2. The van der Waals surface area contributed by atoms with E-state index < -0.39 is 8.07 Å². The quantitative estimate of drug-likeness (QED) is 0.0314. The highest BCUT2D eigenvalue weighted by molar-refractivity contribution is 6.89. The summed E-state index contributed by atoms with van der Waals surface area (Å²) in [5.41, 5.74) is 16.8. The number of aromatic nitrogens is 1. The summed E-state index contributed by atoms with van der Waals surface area (Å²) in [4.78, 5) is 2.59. The van der Waals surface area contributed by atoms with E-state index in [0.29, 0.717) is 24.2 Å². The molecule has 1 aromatic heterocycles. The molecule has 6 rings (SSSR count). The van der Waals surface area contributed by atoms with Gasteiger partial charge in [0, 0.05) is 47.8 Å². The number of aliphatic hydroxyl groups excluding tert-OH is 1. The fraction of sp³-hybridized carbons (Fsp3) is 0.435. The Kier molecular flexibility index (Phi) is 17.2. The SMILES string of the molecule is C=C(/C=C\CCO)CCC1c2ccccc2-c2cc(C(C)C(C)(CC)CC)c([Si](C)(C)C)c[n+]2C1C(=C)CN(CCC)c1ccccc1Nc1c(C(C)C)cc(-c2ccccc2)cc1C(C)C. The maximum Gasteiger partial charge on any atom is 0.213 e. The van der Waals surface area contributed by atoms with Crippen molar-refractivity contribution in [3.63, 3.8) is 0 Å². The van der Waals surface area contributed by atoms with Crippen molar-refractivity contribution in [2.75, 3.05) is 29.9 Å². The Balaban J connectivity index is 1.49. The molecule has 2 N–H and O–H groups in total. The first-order valence-corrected chi connectivity index (χ1v) is 29.1. The summed E-state index contributed by atoms with van der Waals surface area (Å²) < 4.78 is 2.67. The fourth-order valence-corrected chi connectivity index (χ4v) is 12.3. The Labute approximate surface area is 408 Å². The summed E-state index contributed by atoms with van der Waals surface area (Å²) in [5, 5.41) is 15.2. The molecule has 67 heavy (non-hydrogen) atoms. The van der Waals surface area contributed by atoms with Crippen molar-refractivity contribution >= 4 is 30.3 Å². The second-order valence-electron chi connectivity index (χ2n) is 21.4. The molecular formula is C62H84N3OSi+. The van der Waals surface area contributed by atoms with Crippen LogP contribution in [-0.2, 0) is 0 Å². The zero-order valence-corrected chi connectivity index (χ0v) is 44.5. The summed E-state index contributed by atoms with van der Waals surface area (Å²) in [7, 11) is -1.84. The molecule has 2 heterocycles. The van der Waals surface area contributed by atoms with Crippen molar-refractivity contribution in [3.05, 3.63) is 162 Å². The van der Waals surface area contributed by atoms with Gasteiger partial charge >= 0.3 is 0 Å². The molecule has 0 radical (unpaired) electrons. The predicted octanol–water partition coefficient (Wildman–Crippen LogP) is 16.2. The summed E-state index contributed by atoms with van der Waals surface area (Å²) in [5.74, 6) is 1.27. The zero-order chi connectivity index (χ0) is 48.6. The highest BCUT2D eigenvalue weighted by Gasteiger charge is 2.45. The predicted molar refractivity (Wildman–Crippen MR) is 295 cm³/mol. The van der Waals surface area contributed by atoms with Gasteiger partial charge in [-0.1, -0.05) is 186 Å². The second-order valence-corrected chi connectivity index (χ2v) is 26.5. The first kappa shape index (κ1) is 51.4. The monoisotopic (exact) mass is 915 g/mol. The number of pyridine rings is 1. The molecule has 0 bridgehead atoms. The van der Waals surface area contributed by atoms with Crippen LogP contribution in [0, 0.1) is 5.41 Å². The fourth-order valence-electron chi connectivity index (χ4n) is 10.6. The minimum atomic E-state index is -1.84. The van der Waals surface area contributed by atoms with Crippen LogP contribution in [0.1, 0.15) is 153 Å². The molecular weight excluding hydrogens is 831 g/mol. The van der Waals surface area contributed by atoms with Gasteiger partial charge in [0.05, 0.1) is 25.4 Å². The van der Waals surface area contributed by atoms with Crippen LogP contribution >= 0.6 is 0 Å². The Bertz CT molecular complexity index is 2480. The van der Waals surface area contributed by atoms with Gasteiger partial charge < -0.3 is 15.3 Å². The first-order valence-electron chi connectivity index (χ1n) is 25.6. The van der Waals surface area contributed by atoms with E-state index in [-0.39, 0.29) is 24.0 Å². The molecule has 0 aliphatic carbocycles. The van der Waals surface area contributed by atoms with Gasteiger partial charge in [0.15, 0.2) is 12.2 Å². The number of hydrogen-bond donors (Lipinski definition) is 2. The molecule has 4 aromatic carbocycles. The molecule has 0 spiro atoms. The molecule has 4 nitrogen and oxygen atoms in total. The van der Waals surface area contributed by atoms with Crippen molar-refractivity contribution in [1.29, 1.82) is 0 Å². The van der Waals surface area contributed by atoms with Crippen LogP contribution in [0.5, 0.6) is 0 Å². The van der Waals surface area contributed by atoms with Crippen LogP contribution in [-0.4, -0.2) is 32.9 Å². The van der Waals surface area contributed by atoms with E-state index in [9.17, 15) is 5.11 Å². The molecule has 1 aliphatic rings. The highest BCUT2D eigenvalue weighted by Crippen LogP contribution is 2.47. The first-order chi connectivity index (χ1) is 32.0. The smallest absolute Gasteiger partial charge is 0.213 e. The normalized spacial score (nSPS) is 15.4. The minimum Gasteiger partial charge on any atom is -0.396 e. The van der Waals surface area contributed by atoms with Crippen LogP contribution in [0.2, 0.25) is 19.6 Å². The summed E-state index contributed by atoms with van der Waals surface area (Å²) in [6.45, 7) is 40.3. The van der Waals surface area contributed by atoms with Crippen molar-refractivity contribution in [3.8, 4) is 22.4 Å². The summed E-state index contributed by atoms with van der Waals surface area (Å²) >= 11 is 0. The number of nitrogens with zero attached hydrogens (tertiary/aromatic N) is 2. The van der Waals surface area contributed by atoms with Gasteiger partial charge in [-0.25, -0.2) is 0 Å². The average Bonchev–Trinajstić information content (AvgIpc) is 3.32. The Morgan fingerprint density at radius 3 is 2.06 bits per heavy atom. The Morgan fingerprint density at radius 1 is 0.821 bits per heavy atom. The van der Waals surface area contributed by atoms with E-state index in [2.05, 4.69) is 219 Å². The lowest BCUT2D eigenvalue weighted by molar-refractivity contribution is -0.708. The van der Waals surface area contributed by atoms with Gasteiger partial charge in [-0.05, 0) is 113 Å². The van der Waals surface area contributed by atoms with Gasteiger partial charge in [-0.3, -0.25) is 0 Å². The third-order valence-electron chi connectivity index (χ3n) is 15.2. The lowest BCUT2D eigenvalue weighted by Crippen LogP contribution is -2.55. The number of aliphatic hydroxyl groups is 1. The molecule has 3 unspecified atom stereocenters. The highest BCUT2D eigenvalue weighted by atomic mass is 28.3. The van der Waals surface area contributed by atoms with Crippen LogP contribution in [0.3, 0.4) is 0 Å². The lowest BCUT2D eigenvalue weighted by atomic mass is 9.70. The average molecular weight is 915 g/mol. The molecule has 0 amide bonds. The van der Waals surface area contributed by atoms with Crippen molar-refractivity contribution in [2.24, 2.45) is 5.41 Å². The van der Waals surface area contributed by atoms with E-state index in [1.54, 1.807) is 5.19 Å².